The zero-order valence-electron chi connectivity index (χ0n) is 14.7. The highest BCUT2D eigenvalue weighted by Gasteiger charge is 2.48. The predicted molar refractivity (Wildman–Crippen MR) is 92.7 cm³/mol. The van der Waals surface area contributed by atoms with Crippen LogP contribution in [-0.2, 0) is 4.74 Å². The molecule has 0 aliphatic carbocycles. The Morgan fingerprint density at radius 2 is 2.24 bits per heavy atom. The van der Waals surface area contributed by atoms with Gasteiger partial charge in [0.2, 0.25) is 0 Å². The fourth-order valence-electron chi connectivity index (χ4n) is 3.57. The first-order valence-corrected chi connectivity index (χ1v) is 8.51. The van der Waals surface area contributed by atoms with Gasteiger partial charge < -0.3 is 9.30 Å². The van der Waals surface area contributed by atoms with Gasteiger partial charge in [-0.25, -0.2) is 9.37 Å². The number of hydrogen-bond donors (Lipinski definition) is 0. The Labute approximate surface area is 147 Å². The number of likely N-dealkylation sites (tertiary alicyclic amines) is 1. The number of ether oxygens (including phenoxy) is 1. The Morgan fingerprint density at radius 1 is 1.40 bits per heavy atom. The zero-order chi connectivity index (χ0) is 17.9. The molecule has 0 N–H and O–H groups in total. The van der Waals surface area contributed by atoms with Crippen LogP contribution < -0.4 is 0 Å². The molecule has 3 rings (SSSR count). The molecule has 1 aliphatic rings. The molecule has 0 bridgehead atoms. The van der Waals surface area contributed by atoms with Crippen molar-refractivity contribution in [3.05, 3.63) is 48.3 Å². The number of halogens is 1. The molecular weight excluding hydrogens is 319 g/mol. The van der Waals surface area contributed by atoms with Crippen LogP contribution in [-0.4, -0.2) is 40.8 Å². The van der Waals surface area contributed by atoms with E-state index in [1.165, 1.54) is 12.1 Å². The molecule has 1 atom stereocenters. The van der Waals surface area contributed by atoms with Crippen LogP contribution in [0, 0.1) is 22.6 Å². The lowest BCUT2D eigenvalue weighted by Crippen LogP contribution is -2.57. The molecule has 1 unspecified atom stereocenters. The van der Waals surface area contributed by atoms with E-state index >= 15 is 0 Å². The Bertz CT molecular complexity index is 765. The maximum atomic E-state index is 13.6. The van der Waals surface area contributed by atoms with Crippen molar-refractivity contribution >= 4 is 0 Å². The number of benzene rings is 1. The maximum Gasteiger partial charge on any atom is 0.131 e. The Morgan fingerprint density at radius 3 is 2.96 bits per heavy atom. The van der Waals surface area contributed by atoms with E-state index in [1.54, 1.807) is 12.3 Å². The molecule has 1 fully saturated rings. The molecule has 132 valence electrons. The maximum absolute atomic E-state index is 13.6. The van der Waals surface area contributed by atoms with Crippen molar-refractivity contribution in [2.45, 2.75) is 26.3 Å². The summed E-state index contributed by atoms with van der Waals surface area (Å²) in [7, 11) is 0. The van der Waals surface area contributed by atoms with Gasteiger partial charge in [0.15, 0.2) is 0 Å². The van der Waals surface area contributed by atoms with Crippen LogP contribution in [0.3, 0.4) is 0 Å². The minimum atomic E-state index is -0.257. The average molecular weight is 342 g/mol. The number of hydrogen-bond acceptors (Lipinski definition) is 4. The SMILES string of the molecule is CC1(C)CN(CCOCCC#N)C1c1nccn1-c1cccc(F)c1. The Hall–Kier alpha value is -2.23. The van der Waals surface area contributed by atoms with Crippen molar-refractivity contribution in [1.29, 1.82) is 5.26 Å². The monoisotopic (exact) mass is 342 g/mol. The van der Waals surface area contributed by atoms with E-state index in [-0.39, 0.29) is 17.3 Å². The van der Waals surface area contributed by atoms with Gasteiger partial charge in [0, 0.05) is 36.6 Å². The van der Waals surface area contributed by atoms with E-state index in [9.17, 15) is 4.39 Å². The molecule has 1 aliphatic heterocycles. The lowest BCUT2D eigenvalue weighted by atomic mass is 9.74. The van der Waals surface area contributed by atoms with Crippen LogP contribution in [0.25, 0.3) is 5.69 Å². The standard InChI is InChI=1S/C19H23FN4O/c1-19(2)14-23(10-12-25-11-4-7-21)17(19)18-22-8-9-24(18)16-6-3-5-15(20)13-16/h3,5-6,8-9,13,17H,4,10-12,14H2,1-2H3. The summed E-state index contributed by atoms with van der Waals surface area (Å²) in [6, 6.07) is 8.78. The second kappa shape index (κ2) is 7.34. The summed E-state index contributed by atoms with van der Waals surface area (Å²) in [4.78, 5) is 6.89. The molecule has 6 heteroatoms. The van der Waals surface area contributed by atoms with Gasteiger partial charge in [0.25, 0.3) is 0 Å². The third-order valence-corrected chi connectivity index (χ3v) is 4.60. The van der Waals surface area contributed by atoms with Crippen molar-refractivity contribution in [2.75, 3.05) is 26.3 Å². The third kappa shape index (κ3) is 3.73. The van der Waals surface area contributed by atoms with Gasteiger partial charge in [0.05, 0.1) is 31.7 Å². The first-order valence-electron chi connectivity index (χ1n) is 8.51. The van der Waals surface area contributed by atoms with Gasteiger partial charge in [-0.15, -0.1) is 0 Å². The number of nitrogens with zero attached hydrogens (tertiary/aromatic N) is 4. The van der Waals surface area contributed by atoms with E-state index in [4.69, 9.17) is 10.00 Å². The first-order chi connectivity index (χ1) is 12.0. The summed E-state index contributed by atoms with van der Waals surface area (Å²) in [6.45, 7) is 7.24. The zero-order valence-corrected chi connectivity index (χ0v) is 14.7. The molecule has 0 amide bonds. The summed E-state index contributed by atoms with van der Waals surface area (Å²) in [5.41, 5.74) is 0.865. The molecule has 2 heterocycles. The van der Waals surface area contributed by atoms with Gasteiger partial charge in [0.1, 0.15) is 11.6 Å². The number of imidazole rings is 1. The lowest BCUT2D eigenvalue weighted by Gasteiger charge is -2.53. The fraction of sp³-hybridized carbons (Fsp3) is 0.474. The Kier molecular flexibility index (Phi) is 5.16. The van der Waals surface area contributed by atoms with Crippen LogP contribution in [0.1, 0.15) is 32.1 Å². The summed E-state index contributed by atoms with van der Waals surface area (Å²) < 4.78 is 21.1. The number of nitriles is 1. The van der Waals surface area contributed by atoms with Gasteiger partial charge >= 0.3 is 0 Å². The van der Waals surface area contributed by atoms with Crippen molar-refractivity contribution in [3.8, 4) is 11.8 Å². The van der Waals surface area contributed by atoms with Gasteiger partial charge in [-0.05, 0) is 18.2 Å². The van der Waals surface area contributed by atoms with Gasteiger partial charge in [-0.1, -0.05) is 19.9 Å². The highest BCUT2D eigenvalue weighted by Crippen LogP contribution is 2.47. The molecule has 1 aromatic heterocycles. The highest BCUT2D eigenvalue weighted by atomic mass is 19.1. The lowest BCUT2D eigenvalue weighted by molar-refractivity contribution is -0.0705. The molecule has 25 heavy (non-hydrogen) atoms. The molecular formula is C19H23FN4O. The molecule has 0 saturated carbocycles. The highest BCUT2D eigenvalue weighted by molar-refractivity contribution is 5.35. The minimum absolute atomic E-state index is 0.0864. The van der Waals surface area contributed by atoms with Crippen LogP contribution in [0.5, 0.6) is 0 Å². The quantitative estimate of drug-likeness (QED) is 0.724. The van der Waals surface area contributed by atoms with E-state index < -0.39 is 0 Å². The van der Waals surface area contributed by atoms with E-state index in [2.05, 4.69) is 29.8 Å². The van der Waals surface area contributed by atoms with Gasteiger partial charge in [-0.2, -0.15) is 5.26 Å². The van der Waals surface area contributed by atoms with E-state index in [1.807, 2.05) is 16.8 Å². The van der Waals surface area contributed by atoms with Crippen LogP contribution in [0.2, 0.25) is 0 Å². The normalized spacial score (nSPS) is 19.4. The fourth-order valence-corrected chi connectivity index (χ4v) is 3.57. The third-order valence-electron chi connectivity index (χ3n) is 4.60. The molecule has 1 saturated heterocycles. The topological polar surface area (TPSA) is 54.1 Å². The second-order valence-electron chi connectivity index (χ2n) is 7.02. The van der Waals surface area contributed by atoms with Crippen LogP contribution in [0.4, 0.5) is 4.39 Å². The van der Waals surface area contributed by atoms with Crippen molar-refractivity contribution in [1.82, 2.24) is 14.5 Å². The van der Waals surface area contributed by atoms with Crippen molar-refractivity contribution < 1.29 is 9.13 Å². The summed E-state index contributed by atoms with van der Waals surface area (Å²) in [6.07, 6.45) is 4.05. The average Bonchev–Trinajstić information content (AvgIpc) is 3.02. The molecule has 5 nitrogen and oxygen atoms in total. The van der Waals surface area contributed by atoms with E-state index in [0.717, 1.165) is 24.6 Å². The number of rotatable bonds is 7. The summed E-state index contributed by atoms with van der Waals surface area (Å²) >= 11 is 0. The number of aromatic nitrogens is 2. The minimum Gasteiger partial charge on any atom is -0.379 e. The molecule has 0 spiro atoms. The molecule has 0 radical (unpaired) electrons. The van der Waals surface area contributed by atoms with Crippen LogP contribution >= 0.6 is 0 Å². The predicted octanol–water partition coefficient (Wildman–Crippen LogP) is 3.32. The van der Waals surface area contributed by atoms with Crippen molar-refractivity contribution in [2.24, 2.45) is 5.41 Å². The first kappa shape index (κ1) is 17.6. The summed E-state index contributed by atoms with van der Waals surface area (Å²) in [5.74, 6) is 0.659. The Balaban J connectivity index is 1.75. The second-order valence-corrected chi connectivity index (χ2v) is 7.02. The largest absolute Gasteiger partial charge is 0.379 e. The molecule has 2 aromatic rings. The molecule has 1 aromatic carbocycles. The van der Waals surface area contributed by atoms with Gasteiger partial charge in [-0.3, -0.25) is 4.90 Å². The van der Waals surface area contributed by atoms with Crippen molar-refractivity contribution in [3.63, 3.8) is 0 Å². The summed E-state index contributed by atoms with van der Waals surface area (Å²) in [5, 5.41) is 8.55. The smallest absolute Gasteiger partial charge is 0.131 e. The van der Waals surface area contributed by atoms with E-state index in [0.29, 0.717) is 19.6 Å². The van der Waals surface area contributed by atoms with Crippen LogP contribution in [0.15, 0.2) is 36.7 Å².